The van der Waals surface area contributed by atoms with E-state index >= 15 is 0 Å². The van der Waals surface area contributed by atoms with Crippen LogP contribution in [0.2, 0.25) is 0 Å². The van der Waals surface area contributed by atoms with Crippen molar-refractivity contribution in [2.75, 3.05) is 0 Å². The van der Waals surface area contributed by atoms with Crippen LogP contribution in [0.15, 0.2) is 24.3 Å². The van der Waals surface area contributed by atoms with Crippen molar-refractivity contribution in [2.45, 2.75) is 58.2 Å². The van der Waals surface area contributed by atoms with Crippen molar-refractivity contribution in [2.24, 2.45) is 0 Å². The Labute approximate surface area is 115 Å². The molecule has 0 aromatic heterocycles. The van der Waals surface area contributed by atoms with Gasteiger partial charge in [0.05, 0.1) is 6.04 Å². The van der Waals surface area contributed by atoms with E-state index in [1.165, 1.54) is 11.1 Å². The second kappa shape index (κ2) is 6.71. The van der Waals surface area contributed by atoms with Gasteiger partial charge in [-0.2, -0.15) is 0 Å². The standard InChI is InChI=1S/C16H24N2O/c1-3-7-14(4-2)18-16(19)15-10-12-8-5-6-9-13(12)11-17-15/h5-6,8-9,14-15,17H,3-4,7,10-11H2,1-2H3,(H,18,19). The minimum Gasteiger partial charge on any atom is -0.352 e. The molecule has 1 aliphatic heterocycles. The lowest BCUT2D eigenvalue weighted by Gasteiger charge is -2.27. The van der Waals surface area contributed by atoms with Crippen LogP contribution in [0.25, 0.3) is 0 Å². The van der Waals surface area contributed by atoms with Crippen LogP contribution in [0, 0.1) is 0 Å². The Morgan fingerprint density at radius 2 is 2.11 bits per heavy atom. The number of hydrogen-bond donors (Lipinski definition) is 2. The summed E-state index contributed by atoms with van der Waals surface area (Å²) in [5, 5.41) is 6.50. The first kappa shape index (κ1) is 14.1. The molecule has 0 spiro atoms. The fraction of sp³-hybridized carbons (Fsp3) is 0.562. The zero-order valence-corrected chi connectivity index (χ0v) is 11.9. The molecule has 2 N–H and O–H groups in total. The number of fused-ring (bicyclic) bond motifs is 1. The molecule has 2 atom stereocenters. The average Bonchev–Trinajstić information content (AvgIpc) is 2.46. The van der Waals surface area contributed by atoms with Crippen LogP contribution in [0.5, 0.6) is 0 Å². The van der Waals surface area contributed by atoms with Gasteiger partial charge in [0.25, 0.3) is 0 Å². The van der Waals surface area contributed by atoms with Gasteiger partial charge >= 0.3 is 0 Å². The highest BCUT2D eigenvalue weighted by atomic mass is 16.2. The first-order valence-electron chi connectivity index (χ1n) is 7.35. The summed E-state index contributed by atoms with van der Waals surface area (Å²) < 4.78 is 0. The molecule has 1 amide bonds. The van der Waals surface area contributed by atoms with Crippen LogP contribution in [0.4, 0.5) is 0 Å². The molecule has 1 aliphatic rings. The highest BCUT2D eigenvalue weighted by Crippen LogP contribution is 2.16. The average molecular weight is 260 g/mol. The molecule has 0 aliphatic carbocycles. The van der Waals surface area contributed by atoms with Crippen molar-refractivity contribution in [1.82, 2.24) is 10.6 Å². The van der Waals surface area contributed by atoms with E-state index in [0.717, 1.165) is 32.2 Å². The Bertz CT molecular complexity index is 431. The Morgan fingerprint density at radius 1 is 1.37 bits per heavy atom. The summed E-state index contributed by atoms with van der Waals surface area (Å²) in [6.45, 7) is 5.08. The van der Waals surface area contributed by atoms with Crippen LogP contribution in [0.3, 0.4) is 0 Å². The number of rotatable bonds is 5. The van der Waals surface area contributed by atoms with Gasteiger partial charge in [0.2, 0.25) is 5.91 Å². The summed E-state index contributed by atoms with van der Waals surface area (Å²) in [5.41, 5.74) is 2.61. The third kappa shape index (κ3) is 3.57. The second-order valence-electron chi connectivity index (χ2n) is 5.31. The highest BCUT2D eigenvalue weighted by Gasteiger charge is 2.24. The number of amides is 1. The number of benzene rings is 1. The fourth-order valence-electron chi connectivity index (χ4n) is 2.67. The minimum absolute atomic E-state index is 0.0826. The minimum atomic E-state index is -0.0826. The van der Waals surface area contributed by atoms with Gasteiger partial charge in [-0.05, 0) is 30.4 Å². The van der Waals surface area contributed by atoms with Crippen molar-refractivity contribution in [3.05, 3.63) is 35.4 Å². The van der Waals surface area contributed by atoms with Gasteiger partial charge in [0, 0.05) is 12.6 Å². The van der Waals surface area contributed by atoms with Crippen LogP contribution in [-0.4, -0.2) is 18.0 Å². The Kier molecular flexibility index (Phi) is 4.97. The van der Waals surface area contributed by atoms with E-state index in [1.807, 2.05) is 6.07 Å². The molecule has 0 radical (unpaired) electrons. The molecule has 0 fully saturated rings. The normalized spacial score (nSPS) is 19.6. The lowest BCUT2D eigenvalue weighted by atomic mass is 9.95. The van der Waals surface area contributed by atoms with Gasteiger partial charge in [-0.1, -0.05) is 44.5 Å². The molecule has 3 heteroatoms. The topological polar surface area (TPSA) is 41.1 Å². The molecule has 0 bridgehead atoms. The van der Waals surface area contributed by atoms with Gasteiger partial charge in [0.15, 0.2) is 0 Å². The number of hydrogen-bond acceptors (Lipinski definition) is 2. The third-order valence-electron chi connectivity index (χ3n) is 3.87. The summed E-state index contributed by atoms with van der Waals surface area (Å²) in [6.07, 6.45) is 3.97. The van der Waals surface area contributed by atoms with Crippen molar-refractivity contribution in [3.63, 3.8) is 0 Å². The van der Waals surface area contributed by atoms with Gasteiger partial charge in [0.1, 0.15) is 0 Å². The first-order chi connectivity index (χ1) is 9.24. The van der Waals surface area contributed by atoms with Crippen molar-refractivity contribution < 1.29 is 4.79 Å². The van der Waals surface area contributed by atoms with E-state index < -0.39 is 0 Å². The summed E-state index contributed by atoms with van der Waals surface area (Å²) in [6, 6.07) is 8.58. The lowest BCUT2D eigenvalue weighted by molar-refractivity contribution is -0.124. The van der Waals surface area contributed by atoms with E-state index in [9.17, 15) is 4.79 Å². The maximum atomic E-state index is 12.3. The molecule has 2 unspecified atom stereocenters. The molecule has 2 rings (SSSR count). The maximum absolute atomic E-state index is 12.3. The highest BCUT2D eigenvalue weighted by molar-refractivity contribution is 5.82. The van der Waals surface area contributed by atoms with Gasteiger partial charge in [-0.15, -0.1) is 0 Å². The van der Waals surface area contributed by atoms with Gasteiger partial charge in [-0.3, -0.25) is 4.79 Å². The van der Waals surface area contributed by atoms with E-state index in [0.29, 0.717) is 6.04 Å². The van der Waals surface area contributed by atoms with E-state index in [-0.39, 0.29) is 11.9 Å². The van der Waals surface area contributed by atoms with Crippen molar-refractivity contribution in [3.8, 4) is 0 Å². The van der Waals surface area contributed by atoms with Crippen LogP contribution in [0.1, 0.15) is 44.2 Å². The molecular formula is C16H24N2O. The Morgan fingerprint density at radius 3 is 2.79 bits per heavy atom. The van der Waals surface area contributed by atoms with Crippen LogP contribution in [-0.2, 0) is 17.8 Å². The molecular weight excluding hydrogens is 236 g/mol. The third-order valence-corrected chi connectivity index (χ3v) is 3.87. The Balaban J connectivity index is 1.95. The summed E-state index contributed by atoms with van der Waals surface area (Å²) in [4.78, 5) is 12.3. The maximum Gasteiger partial charge on any atom is 0.237 e. The zero-order chi connectivity index (χ0) is 13.7. The summed E-state index contributed by atoms with van der Waals surface area (Å²) in [7, 11) is 0. The molecule has 19 heavy (non-hydrogen) atoms. The van der Waals surface area contributed by atoms with Crippen molar-refractivity contribution in [1.29, 1.82) is 0 Å². The molecule has 1 heterocycles. The lowest BCUT2D eigenvalue weighted by Crippen LogP contribution is -2.50. The molecule has 1 aromatic carbocycles. The smallest absolute Gasteiger partial charge is 0.237 e. The quantitative estimate of drug-likeness (QED) is 0.853. The number of nitrogens with one attached hydrogen (secondary N) is 2. The molecule has 3 nitrogen and oxygen atoms in total. The largest absolute Gasteiger partial charge is 0.352 e. The van der Waals surface area contributed by atoms with E-state index in [4.69, 9.17) is 0 Å². The fourth-order valence-corrected chi connectivity index (χ4v) is 2.67. The van der Waals surface area contributed by atoms with Gasteiger partial charge in [-0.25, -0.2) is 0 Å². The second-order valence-corrected chi connectivity index (χ2v) is 5.31. The molecule has 104 valence electrons. The molecule has 1 aromatic rings. The van der Waals surface area contributed by atoms with E-state index in [1.54, 1.807) is 0 Å². The SMILES string of the molecule is CCCC(CC)NC(=O)C1Cc2ccccc2CN1. The molecule has 0 saturated heterocycles. The predicted octanol–water partition coefficient (Wildman–Crippen LogP) is 2.40. The summed E-state index contributed by atoms with van der Waals surface area (Å²) in [5.74, 6) is 0.148. The van der Waals surface area contributed by atoms with E-state index in [2.05, 4.69) is 42.7 Å². The predicted molar refractivity (Wildman–Crippen MR) is 77.9 cm³/mol. The van der Waals surface area contributed by atoms with Crippen molar-refractivity contribution >= 4 is 5.91 Å². The number of carbonyl (C=O) groups excluding carboxylic acids is 1. The van der Waals surface area contributed by atoms with Gasteiger partial charge < -0.3 is 10.6 Å². The zero-order valence-electron chi connectivity index (χ0n) is 11.9. The number of carbonyl (C=O) groups is 1. The monoisotopic (exact) mass is 260 g/mol. The van der Waals surface area contributed by atoms with Crippen LogP contribution < -0.4 is 10.6 Å². The summed E-state index contributed by atoms with van der Waals surface area (Å²) >= 11 is 0. The van der Waals surface area contributed by atoms with Crippen LogP contribution >= 0.6 is 0 Å². The first-order valence-corrected chi connectivity index (χ1v) is 7.35. The molecule has 0 saturated carbocycles. The Hall–Kier alpha value is -1.35.